The average Bonchev–Trinajstić information content (AvgIpc) is 2.95. The Morgan fingerprint density at radius 2 is 2.59 bits per heavy atom. The summed E-state index contributed by atoms with van der Waals surface area (Å²) in [5, 5.41) is 12.8. The van der Waals surface area contributed by atoms with Gasteiger partial charge in [0.15, 0.2) is 5.96 Å². The first-order valence-electron chi connectivity index (χ1n) is 6.03. The number of aliphatic hydroxyl groups excluding tert-OH is 1. The molecule has 5 heteroatoms. The Balaban J connectivity index is 1.98. The number of aliphatic hydroxyl groups is 1. The molecule has 2 heterocycles. The summed E-state index contributed by atoms with van der Waals surface area (Å²) >= 11 is 0. The molecular formula is C12H19N3O2. The maximum atomic E-state index is 9.53. The summed E-state index contributed by atoms with van der Waals surface area (Å²) in [6, 6.07) is 3.77. The van der Waals surface area contributed by atoms with Gasteiger partial charge in [-0.15, -0.1) is 0 Å². The molecule has 0 aliphatic carbocycles. The molecule has 0 unspecified atom stereocenters. The second-order valence-electron chi connectivity index (χ2n) is 4.14. The van der Waals surface area contributed by atoms with Crippen molar-refractivity contribution in [2.45, 2.75) is 26.0 Å². The molecule has 0 saturated carbocycles. The topological polar surface area (TPSA) is 61.0 Å². The lowest BCUT2D eigenvalue weighted by molar-refractivity contribution is 0.188. The highest BCUT2D eigenvalue weighted by Gasteiger charge is 2.22. The zero-order valence-corrected chi connectivity index (χ0v) is 10.1. The van der Waals surface area contributed by atoms with E-state index in [0.717, 1.165) is 31.2 Å². The summed E-state index contributed by atoms with van der Waals surface area (Å²) in [6.07, 6.45) is 2.23. The largest absolute Gasteiger partial charge is 0.467 e. The predicted octanol–water partition coefficient (Wildman–Crippen LogP) is 0.812. The van der Waals surface area contributed by atoms with E-state index in [1.165, 1.54) is 0 Å². The van der Waals surface area contributed by atoms with Crippen molar-refractivity contribution in [2.24, 2.45) is 4.99 Å². The Bertz CT molecular complexity index is 362. The number of aliphatic imine (C=N–C) groups is 1. The molecule has 1 fully saturated rings. The van der Waals surface area contributed by atoms with Gasteiger partial charge in [0, 0.05) is 19.6 Å². The van der Waals surface area contributed by atoms with Crippen molar-refractivity contribution in [1.82, 2.24) is 10.2 Å². The third-order valence-corrected chi connectivity index (χ3v) is 2.76. The van der Waals surface area contributed by atoms with Crippen molar-refractivity contribution in [3.63, 3.8) is 0 Å². The first-order chi connectivity index (χ1) is 8.29. The molecule has 94 valence electrons. The molecule has 1 aliphatic rings. The minimum atomic E-state index is -0.234. The van der Waals surface area contributed by atoms with Crippen LogP contribution in [-0.2, 0) is 6.54 Å². The van der Waals surface area contributed by atoms with Gasteiger partial charge in [0.05, 0.1) is 12.4 Å². The lowest BCUT2D eigenvalue weighted by Gasteiger charge is -2.20. The van der Waals surface area contributed by atoms with E-state index in [4.69, 9.17) is 4.42 Å². The van der Waals surface area contributed by atoms with Gasteiger partial charge in [-0.25, -0.2) is 4.99 Å². The highest BCUT2D eigenvalue weighted by atomic mass is 16.3. The molecule has 0 amide bonds. The fourth-order valence-electron chi connectivity index (χ4n) is 1.92. The van der Waals surface area contributed by atoms with Crippen LogP contribution in [0.25, 0.3) is 0 Å². The summed E-state index contributed by atoms with van der Waals surface area (Å²) < 4.78 is 5.24. The summed E-state index contributed by atoms with van der Waals surface area (Å²) in [5.74, 6) is 1.69. The molecule has 1 atom stereocenters. The number of furan rings is 1. The van der Waals surface area contributed by atoms with Crippen molar-refractivity contribution >= 4 is 5.96 Å². The average molecular weight is 237 g/mol. The van der Waals surface area contributed by atoms with E-state index in [2.05, 4.69) is 15.2 Å². The fourth-order valence-corrected chi connectivity index (χ4v) is 1.92. The summed E-state index contributed by atoms with van der Waals surface area (Å²) in [5.41, 5.74) is 0. The fraction of sp³-hybridized carbons (Fsp3) is 0.583. The molecule has 2 rings (SSSR count). The van der Waals surface area contributed by atoms with Crippen LogP contribution in [0.1, 0.15) is 19.1 Å². The molecule has 0 bridgehead atoms. The lowest BCUT2D eigenvalue weighted by Crippen LogP contribution is -2.40. The molecule has 17 heavy (non-hydrogen) atoms. The van der Waals surface area contributed by atoms with Crippen molar-refractivity contribution < 1.29 is 9.52 Å². The van der Waals surface area contributed by atoms with E-state index in [9.17, 15) is 5.11 Å². The zero-order chi connectivity index (χ0) is 12.1. The minimum absolute atomic E-state index is 0.234. The van der Waals surface area contributed by atoms with Crippen LogP contribution in [0.2, 0.25) is 0 Å². The maximum absolute atomic E-state index is 9.53. The summed E-state index contributed by atoms with van der Waals surface area (Å²) in [4.78, 5) is 6.58. The third-order valence-electron chi connectivity index (χ3n) is 2.76. The molecule has 0 radical (unpaired) electrons. The lowest BCUT2D eigenvalue weighted by atomic mass is 10.3. The first-order valence-corrected chi connectivity index (χ1v) is 6.03. The second kappa shape index (κ2) is 5.72. The van der Waals surface area contributed by atoms with Gasteiger partial charge in [0.25, 0.3) is 0 Å². The van der Waals surface area contributed by atoms with Crippen molar-refractivity contribution in [1.29, 1.82) is 0 Å². The molecule has 1 aliphatic heterocycles. The van der Waals surface area contributed by atoms with E-state index in [-0.39, 0.29) is 6.10 Å². The number of likely N-dealkylation sites (tertiary alicyclic amines) is 1. The van der Waals surface area contributed by atoms with Crippen LogP contribution in [0, 0.1) is 0 Å². The Morgan fingerprint density at radius 1 is 1.71 bits per heavy atom. The van der Waals surface area contributed by atoms with Crippen LogP contribution in [0.3, 0.4) is 0 Å². The van der Waals surface area contributed by atoms with Crippen LogP contribution < -0.4 is 5.32 Å². The van der Waals surface area contributed by atoms with Crippen molar-refractivity contribution in [3.8, 4) is 0 Å². The van der Waals surface area contributed by atoms with Crippen molar-refractivity contribution in [2.75, 3.05) is 19.6 Å². The van der Waals surface area contributed by atoms with E-state index >= 15 is 0 Å². The molecule has 5 nitrogen and oxygen atoms in total. The monoisotopic (exact) mass is 237 g/mol. The third kappa shape index (κ3) is 3.23. The van der Waals surface area contributed by atoms with Gasteiger partial charge in [-0.05, 0) is 25.5 Å². The minimum Gasteiger partial charge on any atom is -0.467 e. The van der Waals surface area contributed by atoms with E-state index in [0.29, 0.717) is 13.1 Å². The van der Waals surface area contributed by atoms with Crippen LogP contribution >= 0.6 is 0 Å². The van der Waals surface area contributed by atoms with Gasteiger partial charge in [0.2, 0.25) is 0 Å². The standard InChI is InChI=1S/C12H19N3O2/c1-2-13-12(15-6-5-10(16)9-15)14-8-11-4-3-7-17-11/h3-4,7,10,16H,2,5-6,8-9H2,1H3,(H,13,14)/t10-/m1/s1. The normalized spacial score (nSPS) is 20.9. The number of rotatable bonds is 3. The van der Waals surface area contributed by atoms with Crippen LogP contribution in [0.15, 0.2) is 27.8 Å². The van der Waals surface area contributed by atoms with E-state index in [1.807, 2.05) is 19.1 Å². The number of β-amino-alcohol motifs (C(OH)–C–C–N with tert-alkyl or cyclic N) is 1. The molecule has 1 aromatic rings. The Labute approximate surface area is 101 Å². The van der Waals surface area contributed by atoms with Crippen LogP contribution in [0.5, 0.6) is 0 Å². The zero-order valence-electron chi connectivity index (χ0n) is 10.1. The number of hydrogen-bond donors (Lipinski definition) is 2. The van der Waals surface area contributed by atoms with Gasteiger partial charge < -0.3 is 19.7 Å². The summed E-state index contributed by atoms with van der Waals surface area (Å²) in [7, 11) is 0. The Hall–Kier alpha value is -1.49. The van der Waals surface area contributed by atoms with E-state index in [1.54, 1.807) is 6.26 Å². The first kappa shape index (κ1) is 12.0. The van der Waals surface area contributed by atoms with Crippen LogP contribution in [-0.4, -0.2) is 41.7 Å². The molecule has 1 saturated heterocycles. The second-order valence-corrected chi connectivity index (χ2v) is 4.14. The van der Waals surface area contributed by atoms with E-state index < -0.39 is 0 Å². The number of hydrogen-bond acceptors (Lipinski definition) is 3. The quantitative estimate of drug-likeness (QED) is 0.603. The smallest absolute Gasteiger partial charge is 0.194 e. The van der Waals surface area contributed by atoms with Gasteiger partial charge >= 0.3 is 0 Å². The maximum Gasteiger partial charge on any atom is 0.194 e. The van der Waals surface area contributed by atoms with Gasteiger partial charge in [-0.2, -0.15) is 0 Å². The highest BCUT2D eigenvalue weighted by molar-refractivity contribution is 5.80. The number of nitrogens with zero attached hydrogens (tertiary/aromatic N) is 2. The molecule has 0 aromatic carbocycles. The summed E-state index contributed by atoms with van der Waals surface area (Å²) in [6.45, 7) is 4.90. The molecule has 1 aromatic heterocycles. The SMILES string of the molecule is CCNC(=NCc1ccco1)N1CC[C@@H](O)C1. The molecular weight excluding hydrogens is 218 g/mol. The van der Waals surface area contributed by atoms with Crippen LogP contribution in [0.4, 0.5) is 0 Å². The number of nitrogens with one attached hydrogen (secondary N) is 1. The number of guanidine groups is 1. The van der Waals surface area contributed by atoms with Crippen molar-refractivity contribution in [3.05, 3.63) is 24.2 Å². The Morgan fingerprint density at radius 3 is 3.18 bits per heavy atom. The van der Waals surface area contributed by atoms with Gasteiger partial charge in [-0.1, -0.05) is 0 Å². The predicted molar refractivity (Wildman–Crippen MR) is 65.7 cm³/mol. The Kier molecular flexibility index (Phi) is 4.03. The molecule has 0 spiro atoms. The van der Waals surface area contributed by atoms with Gasteiger partial charge in [0.1, 0.15) is 12.3 Å². The molecule has 2 N–H and O–H groups in total. The highest BCUT2D eigenvalue weighted by Crippen LogP contribution is 2.10. The van der Waals surface area contributed by atoms with Gasteiger partial charge in [-0.3, -0.25) is 0 Å².